The van der Waals surface area contributed by atoms with Gasteiger partial charge in [0.1, 0.15) is 0 Å². The molecule has 112 valence electrons. The number of aryl methyl sites for hydroxylation is 1. The number of amides is 1. The molecule has 1 heterocycles. The Bertz CT molecular complexity index is 664. The smallest absolute Gasteiger partial charge is 0.398 e. The molecule has 0 saturated carbocycles. The highest BCUT2D eigenvalue weighted by Gasteiger charge is 2.33. The predicted octanol–water partition coefficient (Wildman–Crippen LogP) is 1.95. The van der Waals surface area contributed by atoms with Gasteiger partial charge in [0.2, 0.25) is 0 Å². The van der Waals surface area contributed by atoms with Crippen LogP contribution >= 0.6 is 0 Å². The number of nitrogen functional groups attached to an aromatic ring is 1. The highest BCUT2D eigenvalue weighted by molar-refractivity contribution is 5.94. The van der Waals surface area contributed by atoms with Crippen LogP contribution in [0.1, 0.15) is 21.6 Å². The Balaban J connectivity index is 2.15. The minimum absolute atomic E-state index is 0.0984. The quantitative estimate of drug-likeness (QED) is 0.851. The fourth-order valence-corrected chi connectivity index (χ4v) is 1.79. The summed E-state index contributed by atoms with van der Waals surface area (Å²) in [5.74, 6) is -0.610. The fraction of sp³-hybridized carbons (Fsp3) is 0.231. The van der Waals surface area contributed by atoms with Crippen molar-refractivity contribution in [1.82, 2.24) is 15.1 Å². The summed E-state index contributed by atoms with van der Waals surface area (Å²) in [6.45, 7) is 0.168. The van der Waals surface area contributed by atoms with E-state index in [1.54, 1.807) is 24.0 Å². The van der Waals surface area contributed by atoms with Crippen LogP contribution in [-0.4, -0.2) is 15.7 Å². The molecule has 0 atom stereocenters. The standard InChI is InChI=1S/C13H13F3N4O/c1-20-9(4-5-19-20)7-18-12(21)8-2-3-11(17)10(6-8)13(14,15)16/h2-6H,7,17H2,1H3,(H,18,21). The minimum atomic E-state index is -4.59. The number of anilines is 1. The van der Waals surface area contributed by atoms with Gasteiger partial charge in [0, 0.05) is 24.5 Å². The number of nitrogens with zero attached hydrogens (tertiary/aromatic N) is 2. The fourth-order valence-electron chi connectivity index (χ4n) is 1.79. The van der Waals surface area contributed by atoms with Gasteiger partial charge in [-0.25, -0.2) is 0 Å². The summed E-state index contributed by atoms with van der Waals surface area (Å²) in [7, 11) is 1.70. The van der Waals surface area contributed by atoms with Crippen LogP contribution < -0.4 is 11.1 Å². The Hall–Kier alpha value is -2.51. The zero-order valence-electron chi connectivity index (χ0n) is 11.1. The molecule has 0 unspecified atom stereocenters. The van der Waals surface area contributed by atoms with Crippen molar-refractivity contribution in [2.24, 2.45) is 7.05 Å². The van der Waals surface area contributed by atoms with Gasteiger partial charge in [-0.1, -0.05) is 0 Å². The van der Waals surface area contributed by atoms with Crippen molar-refractivity contribution < 1.29 is 18.0 Å². The maximum atomic E-state index is 12.7. The number of carbonyl (C=O) groups excluding carboxylic acids is 1. The summed E-state index contributed by atoms with van der Waals surface area (Å²) in [6, 6.07) is 4.77. The van der Waals surface area contributed by atoms with Gasteiger partial charge in [0.15, 0.2) is 0 Å². The summed E-state index contributed by atoms with van der Waals surface area (Å²) in [5, 5.41) is 6.46. The zero-order chi connectivity index (χ0) is 15.6. The molecule has 3 N–H and O–H groups in total. The molecular formula is C13H13F3N4O. The van der Waals surface area contributed by atoms with Crippen LogP contribution in [0.5, 0.6) is 0 Å². The topological polar surface area (TPSA) is 72.9 Å². The minimum Gasteiger partial charge on any atom is -0.398 e. The van der Waals surface area contributed by atoms with E-state index >= 15 is 0 Å². The van der Waals surface area contributed by atoms with Crippen LogP contribution in [-0.2, 0) is 19.8 Å². The molecule has 0 saturated heterocycles. The van der Waals surface area contributed by atoms with Crippen molar-refractivity contribution in [3.63, 3.8) is 0 Å². The first-order valence-electron chi connectivity index (χ1n) is 6.01. The van der Waals surface area contributed by atoms with Crippen LogP contribution in [0.3, 0.4) is 0 Å². The molecular weight excluding hydrogens is 285 g/mol. The van der Waals surface area contributed by atoms with Crippen molar-refractivity contribution in [2.75, 3.05) is 5.73 Å². The second-order valence-electron chi connectivity index (χ2n) is 4.43. The van der Waals surface area contributed by atoms with E-state index in [1.807, 2.05) is 0 Å². The van der Waals surface area contributed by atoms with Crippen LogP contribution in [0.2, 0.25) is 0 Å². The molecule has 21 heavy (non-hydrogen) atoms. The van der Waals surface area contributed by atoms with E-state index in [2.05, 4.69) is 10.4 Å². The average molecular weight is 298 g/mol. The lowest BCUT2D eigenvalue weighted by Gasteiger charge is -2.12. The average Bonchev–Trinajstić information content (AvgIpc) is 2.80. The molecule has 5 nitrogen and oxygen atoms in total. The number of hydrogen-bond donors (Lipinski definition) is 2. The Morgan fingerprint density at radius 3 is 2.67 bits per heavy atom. The lowest BCUT2D eigenvalue weighted by atomic mass is 10.1. The number of benzene rings is 1. The highest BCUT2D eigenvalue weighted by atomic mass is 19.4. The van der Waals surface area contributed by atoms with E-state index in [0.29, 0.717) is 0 Å². The number of alkyl halides is 3. The summed E-state index contributed by atoms with van der Waals surface area (Å²) in [6.07, 6.45) is -3.03. The molecule has 0 fully saturated rings. The Morgan fingerprint density at radius 2 is 2.10 bits per heavy atom. The van der Waals surface area contributed by atoms with Gasteiger partial charge in [0.25, 0.3) is 5.91 Å². The van der Waals surface area contributed by atoms with Crippen LogP contribution in [0.25, 0.3) is 0 Å². The second kappa shape index (κ2) is 5.47. The van der Waals surface area contributed by atoms with Gasteiger partial charge in [-0.05, 0) is 24.3 Å². The predicted molar refractivity (Wildman–Crippen MR) is 70.2 cm³/mol. The van der Waals surface area contributed by atoms with Crippen molar-refractivity contribution in [2.45, 2.75) is 12.7 Å². The van der Waals surface area contributed by atoms with E-state index in [1.165, 1.54) is 6.07 Å². The maximum Gasteiger partial charge on any atom is 0.418 e. The number of hydrogen-bond acceptors (Lipinski definition) is 3. The molecule has 0 aliphatic heterocycles. The third-order valence-electron chi connectivity index (χ3n) is 2.97. The first-order chi connectivity index (χ1) is 9.79. The van der Waals surface area contributed by atoms with Crippen LogP contribution in [0.4, 0.5) is 18.9 Å². The Morgan fingerprint density at radius 1 is 1.38 bits per heavy atom. The Kier molecular flexibility index (Phi) is 3.88. The summed E-state index contributed by atoms with van der Waals surface area (Å²) in [5.41, 5.74) is 4.49. The Labute approximate surface area is 118 Å². The lowest BCUT2D eigenvalue weighted by Crippen LogP contribution is -2.24. The molecule has 0 radical (unpaired) electrons. The van der Waals surface area contributed by atoms with E-state index in [-0.39, 0.29) is 12.1 Å². The van der Waals surface area contributed by atoms with Crippen molar-refractivity contribution in [3.05, 3.63) is 47.3 Å². The summed E-state index contributed by atoms with van der Waals surface area (Å²) >= 11 is 0. The lowest BCUT2D eigenvalue weighted by molar-refractivity contribution is -0.136. The number of halogens is 3. The number of rotatable bonds is 3. The van der Waals surface area contributed by atoms with Crippen molar-refractivity contribution in [3.8, 4) is 0 Å². The van der Waals surface area contributed by atoms with E-state index in [0.717, 1.165) is 17.8 Å². The third-order valence-corrected chi connectivity index (χ3v) is 2.97. The number of nitrogens with two attached hydrogens (primary N) is 1. The van der Waals surface area contributed by atoms with Crippen molar-refractivity contribution >= 4 is 11.6 Å². The number of carbonyl (C=O) groups is 1. The van der Waals surface area contributed by atoms with E-state index in [4.69, 9.17) is 5.73 Å². The largest absolute Gasteiger partial charge is 0.418 e. The maximum absolute atomic E-state index is 12.7. The molecule has 0 aliphatic rings. The van der Waals surface area contributed by atoms with Gasteiger partial charge in [-0.15, -0.1) is 0 Å². The van der Waals surface area contributed by atoms with E-state index < -0.39 is 23.3 Å². The molecule has 8 heteroatoms. The van der Waals surface area contributed by atoms with E-state index in [9.17, 15) is 18.0 Å². The van der Waals surface area contributed by atoms with Gasteiger partial charge in [-0.2, -0.15) is 18.3 Å². The SMILES string of the molecule is Cn1nccc1CNC(=O)c1ccc(N)c(C(F)(F)F)c1. The monoisotopic (exact) mass is 298 g/mol. The van der Waals surface area contributed by atoms with Gasteiger partial charge in [-0.3, -0.25) is 9.48 Å². The third kappa shape index (κ3) is 3.33. The highest BCUT2D eigenvalue weighted by Crippen LogP contribution is 2.33. The molecule has 2 rings (SSSR count). The molecule has 1 aromatic heterocycles. The first-order valence-corrected chi connectivity index (χ1v) is 6.01. The van der Waals surface area contributed by atoms with Crippen molar-refractivity contribution in [1.29, 1.82) is 0 Å². The summed E-state index contributed by atoms with van der Waals surface area (Å²) in [4.78, 5) is 11.9. The second-order valence-corrected chi connectivity index (χ2v) is 4.43. The molecule has 2 aromatic rings. The van der Waals surface area contributed by atoms with Crippen LogP contribution in [0.15, 0.2) is 30.5 Å². The van der Waals surface area contributed by atoms with Gasteiger partial charge < -0.3 is 11.1 Å². The van der Waals surface area contributed by atoms with Crippen LogP contribution in [0, 0.1) is 0 Å². The molecule has 0 bridgehead atoms. The van der Waals surface area contributed by atoms with Gasteiger partial charge in [0.05, 0.1) is 17.8 Å². The number of nitrogens with one attached hydrogen (secondary N) is 1. The summed E-state index contributed by atoms with van der Waals surface area (Å²) < 4.78 is 39.8. The van der Waals surface area contributed by atoms with Gasteiger partial charge >= 0.3 is 6.18 Å². The number of aromatic nitrogens is 2. The molecule has 0 aliphatic carbocycles. The zero-order valence-corrected chi connectivity index (χ0v) is 11.1. The molecule has 1 amide bonds. The normalized spacial score (nSPS) is 11.4. The molecule has 1 aromatic carbocycles. The first kappa shape index (κ1) is 14.9. The molecule has 0 spiro atoms.